The third-order valence-electron chi connectivity index (χ3n) is 3.58. The lowest BCUT2D eigenvalue weighted by Crippen LogP contribution is -2.17. The van der Waals surface area contributed by atoms with Crippen LogP contribution in [0.15, 0.2) is 35.5 Å². The molecular weight excluding hydrogens is 256 g/mol. The van der Waals surface area contributed by atoms with Gasteiger partial charge in [0.1, 0.15) is 23.8 Å². The van der Waals surface area contributed by atoms with Gasteiger partial charge in [-0.15, -0.1) is 0 Å². The van der Waals surface area contributed by atoms with E-state index in [1.807, 2.05) is 16.7 Å². The predicted octanol–water partition coefficient (Wildman–Crippen LogP) is 2.79. The number of aromatic nitrogens is 4. The van der Waals surface area contributed by atoms with Crippen LogP contribution in [0.4, 0.5) is 0 Å². The second kappa shape index (κ2) is 4.72. The van der Waals surface area contributed by atoms with Crippen LogP contribution in [-0.2, 0) is 4.74 Å². The first-order valence-electron chi connectivity index (χ1n) is 6.76. The topological polar surface area (TPSA) is 66.0 Å². The van der Waals surface area contributed by atoms with Gasteiger partial charge in [0.2, 0.25) is 0 Å². The summed E-state index contributed by atoms with van der Waals surface area (Å²) in [5.41, 5.74) is 2.25. The van der Waals surface area contributed by atoms with Gasteiger partial charge in [-0.2, -0.15) is 0 Å². The van der Waals surface area contributed by atoms with Gasteiger partial charge in [0.25, 0.3) is 0 Å². The maximum absolute atomic E-state index is 5.80. The molecule has 102 valence electrons. The molecule has 0 spiro atoms. The van der Waals surface area contributed by atoms with E-state index in [4.69, 9.17) is 9.15 Å². The molecule has 0 amide bonds. The lowest BCUT2D eigenvalue weighted by atomic mass is 10.2. The van der Waals surface area contributed by atoms with E-state index in [-0.39, 0.29) is 6.23 Å². The summed E-state index contributed by atoms with van der Waals surface area (Å²) in [5.74, 6) is 0.701. The average Bonchev–Trinajstić information content (AvgIpc) is 3.17. The van der Waals surface area contributed by atoms with E-state index in [1.165, 1.54) is 6.42 Å². The minimum Gasteiger partial charge on any atom is -0.463 e. The average molecular weight is 270 g/mol. The zero-order chi connectivity index (χ0) is 13.4. The first-order valence-corrected chi connectivity index (χ1v) is 6.76. The smallest absolute Gasteiger partial charge is 0.166 e. The number of fused-ring (bicyclic) bond motifs is 1. The van der Waals surface area contributed by atoms with Crippen LogP contribution in [0.25, 0.3) is 22.6 Å². The number of imidazole rings is 1. The molecule has 0 radical (unpaired) electrons. The first kappa shape index (κ1) is 11.6. The standard InChI is InChI=1S/C14H14N4O2/c1-2-6-20-11(5-1)18-9-17-13-12(10-4-3-7-19-10)15-8-16-14(13)18/h3-4,7-9,11H,1-2,5-6H2. The molecule has 3 aromatic heterocycles. The quantitative estimate of drug-likeness (QED) is 0.716. The van der Waals surface area contributed by atoms with Crippen molar-refractivity contribution in [2.24, 2.45) is 0 Å². The summed E-state index contributed by atoms with van der Waals surface area (Å²) < 4.78 is 13.2. The highest BCUT2D eigenvalue weighted by atomic mass is 16.5. The van der Waals surface area contributed by atoms with Gasteiger partial charge in [0.05, 0.1) is 12.6 Å². The van der Waals surface area contributed by atoms with Crippen LogP contribution in [0.5, 0.6) is 0 Å². The SMILES string of the molecule is c1coc(-c2ncnc3c2ncn3C2CCCCO2)c1. The van der Waals surface area contributed by atoms with Crippen molar-refractivity contribution < 1.29 is 9.15 Å². The summed E-state index contributed by atoms with van der Waals surface area (Å²) >= 11 is 0. The van der Waals surface area contributed by atoms with Crippen molar-refractivity contribution in [3.8, 4) is 11.5 Å². The Bertz CT molecular complexity index is 714. The molecule has 0 saturated carbocycles. The van der Waals surface area contributed by atoms with Crippen molar-refractivity contribution in [1.29, 1.82) is 0 Å². The van der Waals surface area contributed by atoms with E-state index in [2.05, 4.69) is 15.0 Å². The maximum Gasteiger partial charge on any atom is 0.166 e. The highest BCUT2D eigenvalue weighted by molar-refractivity contribution is 5.85. The number of ether oxygens (including phenoxy) is 1. The lowest BCUT2D eigenvalue weighted by Gasteiger charge is -2.23. The molecule has 0 N–H and O–H groups in total. The Hall–Kier alpha value is -2.21. The summed E-state index contributed by atoms with van der Waals surface area (Å²) in [6.45, 7) is 0.792. The Labute approximate surface area is 115 Å². The molecular formula is C14H14N4O2. The Morgan fingerprint density at radius 1 is 1.20 bits per heavy atom. The van der Waals surface area contributed by atoms with Crippen LogP contribution >= 0.6 is 0 Å². The minimum absolute atomic E-state index is 0.0214. The molecule has 1 fully saturated rings. The molecule has 1 aliphatic rings. The van der Waals surface area contributed by atoms with Gasteiger partial charge in [0, 0.05) is 6.61 Å². The zero-order valence-corrected chi connectivity index (χ0v) is 10.9. The third kappa shape index (κ3) is 1.80. The Balaban J connectivity index is 1.83. The number of furan rings is 1. The van der Waals surface area contributed by atoms with Crippen LogP contribution in [0.3, 0.4) is 0 Å². The summed E-state index contributed by atoms with van der Waals surface area (Å²) in [6, 6.07) is 3.71. The number of hydrogen-bond donors (Lipinski definition) is 0. The Morgan fingerprint density at radius 2 is 2.20 bits per heavy atom. The van der Waals surface area contributed by atoms with Gasteiger partial charge in [-0.1, -0.05) is 0 Å². The van der Waals surface area contributed by atoms with Crippen LogP contribution in [0.1, 0.15) is 25.5 Å². The summed E-state index contributed by atoms with van der Waals surface area (Å²) in [4.78, 5) is 13.1. The van der Waals surface area contributed by atoms with Crippen molar-refractivity contribution >= 4 is 11.2 Å². The fourth-order valence-electron chi connectivity index (χ4n) is 2.60. The van der Waals surface area contributed by atoms with Crippen molar-refractivity contribution in [3.05, 3.63) is 31.1 Å². The fourth-order valence-corrected chi connectivity index (χ4v) is 2.60. The van der Waals surface area contributed by atoms with Crippen molar-refractivity contribution in [2.75, 3.05) is 6.61 Å². The molecule has 4 rings (SSSR count). The van der Waals surface area contributed by atoms with Crippen molar-refractivity contribution in [2.45, 2.75) is 25.5 Å². The summed E-state index contributed by atoms with van der Waals surface area (Å²) in [5, 5.41) is 0. The molecule has 0 aliphatic carbocycles. The van der Waals surface area contributed by atoms with Gasteiger partial charge in [-0.05, 0) is 31.4 Å². The van der Waals surface area contributed by atoms with Crippen LogP contribution in [-0.4, -0.2) is 26.1 Å². The van der Waals surface area contributed by atoms with Crippen LogP contribution < -0.4 is 0 Å². The van der Waals surface area contributed by atoms with Gasteiger partial charge < -0.3 is 9.15 Å². The molecule has 6 nitrogen and oxygen atoms in total. The van der Waals surface area contributed by atoms with E-state index in [0.29, 0.717) is 5.76 Å². The highest BCUT2D eigenvalue weighted by Gasteiger charge is 2.20. The molecule has 1 atom stereocenters. The largest absolute Gasteiger partial charge is 0.463 e. The van der Waals surface area contributed by atoms with E-state index >= 15 is 0 Å². The monoisotopic (exact) mass is 270 g/mol. The number of hydrogen-bond acceptors (Lipinski definition) is 5. The zero-order valence-electron chi connectivity index (χ0n) is 10.9. The lowest BCUT2D eigenvalue weighted by molar-refractivity contribution is -0.0298. The molecule has 1 saturated heterocycles. The second-order valence-electron chi connectivity index (χ2n) is 4.84. The number of nitrogens with zero attached hydrogens (tertiary/aromatic N) is 4. The first-order chi connectivity index (χ1) is 9.93. The molecule has 0 aromatic carbocycles. The van der Waals surface area contributed by atoms with E-state index in [9.17, 15) is 0 Å². The van der Waals surface area contributed by atoms with Crippen LogP contribution in [0, 0.1) is 0 Å². The number of rotatable bonds is 2. The van der Waals surface area contributed by atoms with E-state index in [1.54, 1.807) is 18.9 Å². The van der Waals surface area contributed by atoms with Crippen LogP contribution in [0.2, 0.25) is 0 Å². The molecule has 4 heterocycles. The third-order valence-corrected chi connectivity index (χ3v) is 3.58. The highest BCUT2D eigenvalue weighted by Crippen LogP contribution is 2.29. The van der Waals surface area contributed by atoms with Gasteiger partial charge in [-0.25, -0.2) is 15.0 Å². The minimum atomic E-state index is 0.0214. The molecule has 1 aliphatic heterocycles. The van der Waals surface area contributed by atoms with Crippen molar-refractivity contribution in [1.82, 2.24) is 19.5 Å². The van der Waals surface area contributed by atoms with E-state index in [0.717, 1.165) is 36.3 Å². The molecule has 3 aromatic rings. The molecule has 20 heavy (non-hydrogen) atoms. The predicted molar refractivity (Wildman–Crippen MR) is 71.9 cm³/mol. The fraction of sp³-hybridized carbons (Fsp3) is 0.357. The maximum atomic E-state index is 5.80. The summed E-state index contributed by atoms with van der Waals surface area (Å²) in [6.07, 6.45) is 8.25. The van der Waals surface area contributed by atoms with Gasteiger partial charge in [0.15, 0.2) is 11.4 Å². The molecule has 1 unspecified atom stereocenters. The van der Waals surface area contributed by atoms with Gasteiger partial charge >= 0.3 is 0 Å². The van der Waals surface area contributed by atoms with Gasteiger partial charge in [-0.3, -0.25) is 4.57 Å². The normalized spacial score (nSPS) is 19.5. The Kier molecular flexibility index (Phi) is 2.74. The Morgan fingerprint density at radius 3 is 3.00 bits per heavy atom. The second-order valence-corrected chi connectivity index (χ2v) is 4.84. The van der Waals surface area contributed by atoms with E-state index < -0.39 is 0 Å². The molecule has 0 bridgehead atoms. The summed E-state index contributed by atoms with van der Waals surface area (Å²) in [7, 11) is 0. The van der Waals surface area contributed by atoms with Crippen molar-refractivity contribution in [3.63, 3.8) is 0 Å². The molecule has 6 heteroatoms.